The summed E-state index contributed by atoms with van der Waals surface area (Å²) in [5.41, 5.74) is 0. The first-order valence-corrected chi connectivity index (χ1v) is 7.38. The summed E-state index contributed by atoms with van der Waals surface area (Å²) in [5, 5.41) is 3.03. The lowest BCUT2D eigenvalue weighted by Gasteiger charge is -2.27. The molecular formula is C14H26N2O3. The Labute approximate surface area is 115 Å². The summed E-state index contributed by atoms with van der Waals surface area (Å²) < 4.78 is 4.90. The fourth-order valence-corrected chi connectivity index (χ4v) is 2.40. The van der Waals surface area contributed by atoms with Gasteiger partial charge in [0.2, 0.25) is 0 Å². The molecule has 0 unspecified atom stereocenters. The van der Waals surface area contributed by atoms with Crippen LogP contribution in [0.4, 0.5) is 4.79 Å². The Morgan fingerprint density at radius 3 is 2.47 bits per heavy atom. The topological polar surface area (TPSA) is 58.6 Å². The maximum Gasteiger partial charge on any atom is 0.325 e. The van der Waals surface area contributed by atoms with Crippen molar-refractivity contribution in [2.75, 3.05) is 19.7 Å². The largest absolute Gasteiger partial charge is 0.465 e. The van der Waals surface area contributed by atoms with Crippen LogP contribution in [0.2, 0.25) is 0 Å². The second-order valence-electron chi connectivity index (χ2n) is 5.01. The third-order valence-electron chi connectivity index (χ3n) is 3.34. The fourth-order valence-electron chi connectivity index (χ4n) is 2.40. The number of ether oxygens (including phenoxy) is 1. The molecule has 0 saturated heterocycles. The Bertz CT molecular complexity index is 288. The molecule has 0 atom stereocenters. The molecule has 1 aliphatic rings. The summed E-state index contributed by atoms with van der Waals surface area (Å²) >= 11 is 0. The summed E-state index contributed by atoms with van der Waals surface area (Å²) in [5.74, 6) is -0.338. The fraction of sp³-hybridized carbons (Fsp3) is 0.857. The van der Waals surface area contributed by atoms with Crippen molar-refractivity contribution in [3.8, 4) is 0 Å². The molecular weight excluding hydrogens is 244 g/mol. The molecule has 0 bridgehead atoms. The molecule has 0 aromatic heterocycles. The first kappa shape index (κ1) is 15.8. The highest BCUT2D eigenvalue weighted by Crippen LogP contribution is 2.17. The molecule has 110 valence electrons. The highest BCUT2D eigenvalue weighted by Gasteiger charge is 2.21. The van der Waals surface area contributed by atoms with Crippen LogP contribution in [-0.2, 0) is 9.53 Å². The van der Waals surface area contributed by atoms with Gasteiger partial charge in [0.1, 0.15) is 6.54 Å². The van der Waals surface area contributed by atoms with Gasteiger partial charge in [-0.1, -0.05) is 26.2 Å². The Morgan fingerprint density at radius 1 is 1.21 bits per heavy atom. The molecule has 2 amide bonds. The maximum absolute atomic E-state index is 12.1. The van der Waals surface area contributed by atoms with Crippen LogP contribution >= 0.6 is 0 Å². The number of nitrogens with zero attached hydrogens (tertiary/aromatic N) is 1. The van der Waals surface area contributed by atoms with E-state index >= 15 is 0 Å². The van der Waals surface area contributed by atoms with Crippen molar-refractivity contribution in [3.63, 3.8) is 0 Å². The van der Waals surface area contributed by atoms with Crippen molar-refractivity contribution in [1.29, 1.82) is 0 Å². The van der Waals surface area contributed by atoms with E-state index < -0.39 is 0 Å². The van der Waals surface area contributed by atoms with Gasteiger partial charge in [-0.3, -0.25) is 4.79 Å². The lowest BCUT2D eigenvalue weighted by atomic mass is 9.96. The minimum absolute atomic E-state index is 0.0419. The van der Waals surface area contributed by atoms with Gasteiger partial charge < -0.3 is 15.0 Å². The summed E-state index contributed by atoms with van der Waals surface area (Å²) in [6.45, 7) is 4.73. The van der Waals surface area contributed by atoms with Crippen molar-refractivity contribution in [3.05, 3.63) is 0 Å². The van der Waals surface area contributed by atoms with E-state index in [9.17, 15) is 9.59 Å². The predicted octanol–water partition coefficient (Wildman–Crippen LogP) is 2.30. The van der Waals surface area contributed by atoms with Gasteiger partial charge in [-0.15, -0.1) is 0 Å². The van der Waals surface area contributed by atoms with E-state index in [1.807, 2.05) is 6.92 Å². The molecule has 5 heteroatoms. The Hall–Kier alpha value is -1.26. The molecule has 0 radical (unpaired) electrons. The molecule has 1 saturated carbocycles. The van der Waals surface area contributed by atoms with E-state index in [1.165, 1.54) is 19.3 Å². The van der Waals surface area contributed by atoms with Crippen molar-refractivity contribution in [1.82, 2.24) is 10.2 Å². The van der Waals surface area contributed by atoms with Gasteiger partial charge in [-0.25, -0.2) is 4.79 Å². The number of hydrogen-bond donors (Lipinski definition) is 1. The second kappa shape index (κ2) is 8.77. The van der Waals surface area contributed by atoms with Gasteiger partial charge in [-0.05, 0) is 26.2 Å². The minimum Gasteiger partial charge on any atom is -0.465 e. The van der Waals surface area contributed by atoms with Crippen molar-refractivity contribution in [2.45, 2.75) is 58.4 Å². The highest BCUT2D eigenvalue weighted by atomic mass is 16.5. The molecule has 0 aromatic rings. The van der Waals surface area contributed by atoms with Crippen LogP contribution in [0.5, 0.6) is 0 Å². The van der Waals surface area contributed by atoms with Gasteiger partial charge in [0, 0.05) is 12.6 Å². The van der Waals surface area contributed by atoms with Crippen molar-refractivity contribution >= 4 is 12.0 Å². The number of hydrogen-bond acceptors (Lipinski definition) is 3. The first-order valence-electron chi connectivity index (χ1n) is 7.38. The molecule has 19 heavy (non-hydrogen) atoms. The van der Waals surface area contributed by atoms with Crippen LogP contribution in [0.1, 0.15) is 52.4 Å². The van der Waals surface area contributed by atoms with E-state index in [4.69, 9.17) is 4.74 Å². The van der Waals surface area contributed by atoms with Crippen LogP contribution in [0.3, 0.4) is 0 Å². The quantitative estimate of drug-likeness (QED) is 0.753. The van der Waals surface area contributed by atoms with E-state index in [0.29, 0.717) is 13.2 Å². The Morgan fingerprint density at radius 2 is 1.89 bits per heavy atom. The van der Waals surface area contributed by atoms with Crippen molar-refractivity contribution in [2.24, 2.45) is 0 Å². The standard InChI is InChI=1S/C14H26N2O3/c1-3-10-16(11-13(17)19-4-2)14(18)15-12-8-6-5-7-9-12/h12H,3-11H2,1-2H3,(H,15,18). The molecule has 1 aliphatic carbocycles. The number of carbonyl (C=O) groups is 2. The zero-order valence-electron chi connectivity index (χ0n) is 12.1. The highest BCUT2D eigenvalue weighted by molar-refractivity contribution is 5.81. The normalized spacial score (nSPS) is 15.9. The third kappa shape index (κ3) is 5.94. The van der Waals surface area contributed by atoms with Crippen LogP contribution in [0.15, 0.2) is 0 Å². The van der Waals surface area contributed by atoms with Crippen LogP contribution in [-0.4, -0.2) is 42.6 Å². The smallest absolute Gasteiger partial charge is 0.325 e. The van der Waals surface area contributed by atoms with E-state index in [-0.39, 0.29) is 24.6 Å². The SMILES string of the molecule is CCCN(CC(=O)OCC)C(=O)NC1CCCCC1. The van der Waals surface area contributed by atoms with Gasteiger partial charge in [-0.2, -0.15) is 0 Å². The molecule has 0 aromatic carbocycles. The average Bonchev–Trinajstić information content (AvgIpc) is 2.39. The minimum atomic E-state index is -0.338. The molecule has 0 heterocycles. The van der Waals surface area contributed by atoms with Crippen LogP contribution < -0.4 is 5.32 Å². The van der Waals surface area contributed by atoms with Gasteiger partial charge in [0.05, 0.1) is 6.61 Å². The summed E-state index contributed by atoms with van der Waals surface area (Å²) in [6, 6.07) is 0.129. The molecule has 0 spiro atoms. The van der Waals surface area contributed by atoms with Gasteiger partial charge in [0.25, 0.3) is 0 Å². The predicted molar refractivity (Wildman–Crippen MR) is 73.9 cm³/mol. The average molecular weight is 270 g/mol. The molecule has 1 fully saturated rings. The number of rotatable bonds is 6. The Balaban J connectivity index is 2.44. The summed E-state index contributed by atoms with van der Waals surface area (Å²) in [6.07, 6.45) is 6.54. The number of amides is 2. The third-order valence-corrected chi connectivity index (χ3v) is 3.34. The van der Waals surface area contributed by atoms with E-state index in [1.54, 1.807) is 11.8 Å². The lowest BCUT2D eigenvalue weighted by Crippen LogP contribution is -2.47. The maximum atomic E-state index is 12.1. The molecule has 5 nitrogen and oxygen atoms in total. The van der Waals surface area contributed by atoms with Gasteiger partial charge >= 0.3 is 12.0 Å². The number of esters is 1. The number of urea groups is 1. The molecule has 1 rings (SSSR count). The molecule has 1 N–H and O–H groups in total. The van der Waals surface area contributed by atoms with E-state index in [0.717, 1.165) is 19.3 Å². The monoisotopic (exact) mass is 270 g/mol. The summed E-state index contributed by atoms with van der Waals surface area (Å²) in [4.78, 5) is 25.2. The number of nitrogens with one attached hydrogen (secondary N) is 1. The second-order valence-corrected chi connectivity index (χ2v) is 5.01. The zero-order chi connectivity index (χ0) is 14.1. The lowest BCUT2D eigenvalue weighted by molar-refractivity contribution is -0.143. The van der Waals surface area contributed by atoms with Crippen LogP contribution in [0.25, 0.3) is 0 Å². The summed E-state index contributed by atoms with van der Waals surface area (Å²) in [7, 11) is 0. The van der Waals surface area contributed by atoms with Gasteiger partial charge in [0.15, 0.2) is 0 Å². The van der Waals surface area contributed by atoms with Crippen molar-refractivity contribution < 1.29 is 14.3 Å². The zero-order valence-corrected chi connectivity index (χ0v) is 12.1. The van der Waals surface area contributed by atoms with Crippen LogP contribution in [0, 0.1) is 0 Å². The first-order chi connectivity index (χ1) is 9.17. The molecule has 0 aliphatic heterocycles. The number of carbonyl (C=O) groups excluding carboxylic acids is 2. The van der Waals surface area contributed by atoms with E-state index in [2.05, 4.69) is 5.32 Å². The Kier molecular flexibility index (Phi) is 7.30.